The standard InChI is InChI=1S/C5H14NO4P.C4H6O3.C3H8O3/c1-6(2,3)4-5(7)11(8,9)10;1-3(5)7-4(2)6;4-1-3(6)2-5/h5,7H,4H2,1-3H3,(H-,8,9,10);1-2H3;3-6H,1-2H2/p+1. The van der Waals surface area contributed by atoms with Gasteiger partial charge >= 0.3 is 19.5 Å². The average molecular weight is 378 g/mol. The molecular formula is C12H29NO10P+. The summed E-state index contributed by atoms with van der Waals surface area (Å²) in [4.78, 5) is 36.6. The Bertz CT molecular complexity index is 387. The molecule has 24 heavy (non-hydrogen) atoms. The minimum atomic E-state index is -4.31. The minimum absolute atomic E-state index is 0.0459. The van der Waals surface area contributed by atoms with Gasteiger partial charge in [-0.1, -0.05) is 0 Å². The van der Waals surface area contributed by atoms with Crippen LogP contribution in [0.15, 0.2) is 0 Å². The SMILES string of the molecule is CC(=O)OC(C)=O.C[N+](C)(C)CC(O)P(=O)(O)O.OCC(O)CO. The lowest BCUT2D eigenvalue weighted by atomic mass is 10.4. The van der Waals surface area contributed by atoms with E-state index < -0.39 is 31.5 Å². The first-order valence-corrected chi connectivity index (χ1v) is 8.37. The zero-order chi connectivity index (χ0) is 20.1. The van der Waals surface area contributed by atoms with Crippen molar-refractivity contribution >= 4 is 19.5 Å². The molecule has 11 nitrogen and oxygen atoms in total. The molecule has 0 rings (SSSR count). The molecule has 12 heteroatoms. The summed E-state index contributed by atoms with van der Waals surface area (Å²) in [5.41, 5.74) is 0. The van der Waals surface area contributed by atoms with E-state index in [0.717, 1.165) is 0 Å². The van der Waals surface area contributed by atoms with Gasteiger partial charge in [0.1, 0.15) is 12.6 Å². The first kappa shape index (κ1) is 27.9. The van der Waals surface area contributed by atoms with Crippen molar-refractivity contribution in [3.8, 4) is 0 Å². The number of esters is 2. The average Bonchev–Trinajstić information content (AvgIpc) is 2.34. The highest BCUT2D eigenvalue weighted by molar-refractivity contribution is 7.52. The van der Waals surface area contributed by atoms with Crippen molar-refractivity contribution in [2.24, 2.45) is 0 Å². The summed E-state index contributed by atoms with van der Waals surface area (Å²) in [6, 6.07) is 0. The van der Waals surface area contributed by atoms with Crippen molar-refractivity contribution in [2.45, 2.75) is 25.8 Å². The Labute approximate surface area is 140 Å². The fraction of sp³-hybridized carbons (Fsp3) is 0.833. The smallest absolute Gasteiger partial charge is 0.359 e. The van der Waals surface area contributed by atoms with E-state index in [0.29, 0.717) is 4.48 Å². The highest BCUT2D eigenvalue weighted by Crippen LogP contribution is 2.39. The molecule has 0 aromatic rings. The van der Waals surface area contributed by atoms with Crippen molar-refractivity contribution in [1.82, 2.24) is 0 Å². The van der Waals surface area contributed by atoms with Crippen LogP contribution in [0.2, 0.25) is 0 Å². The molecule has 0 saturated carbocycles. The van der Waals surface area contributed by atoms with E-state index in [1.54, 1.807) is 21.1 Å². The van der Waals surface area contributed by atoms with E-state index >= 15 is 0 Å². The first-order valence-electron chi connectivity index (χ1n) is 6.69. The topological polar surface area (TPSA) is 182 Å². The number of hydrogen-bond acceptors (Lipinski definition) is 8. The van der Waals surface area contributed by atoms with Gasteiger partial charge in [0.2, 0.25) is 5.85 Å². The molecule has 6 N–H and O–H groups in total. The highest BCUT2D eigenvalue weighted by atomic mass is 31.2. The molecule has 0 saturated heterocycles. The number of rotatable bonds is 5. The second-order valence-corrected chi connectivity index (χ2v) is 7.42. The predicted molar refractivity (Wildman–Crippen MR) is 83.6 cm³/mol. The van der Waals surface area contributed by atoms with Gasteiger partial charge < -0.3 is 39.4 Å². The summed E-state index contributed by atoms with van der Waals surface area (Å²) < 4.78 is 14.7. The van der Waals surface area contributed by atoms with E-state index in [2.05, 4.69) is 4.74 Å². The Morgan fingerprint density at radius 2 is 1.33 bits per heavy atom. The summed E-state index contributed by atoms with van der Waals surface area (Å²) in [5.74, 6) is -2.68. The molecule has 0 aliphatic rings. The normalized spacial score (nSPS) is 12.3. The summed E-state index contributed by atoms with van der Waals surface area (Å²) in [6.45, 7) is 1.68. The molecule has 0 amide bonds. The van der Waals surface area contributed by atoms with Crippen LogP contribution >= 0.6 is 7.60 Å². The lowest BCUT2D eigenvalue weighted by Gasteiger charge is -2.26. The molecule has 0 aliphatic carbocycles. The van der Waals surface area contributed by atoms with E-state index in [1.165, 1.54) is 13.8 Å². The number of likely N-dealkylation sites (N-methyl/N-ethyl adjacent to an activating group) is 1. The lowest BCUT2D eigenvalue weighted by molar-refractivity contribution is -0.872. The molecule has 0 spiro atoms. The number of nitrogens with zero attached hydrogens (tertiary/aromatic N) is 1. The Hall–Kier alpha value is -0.910. The Balaban J connectivity index is -0.000000294. The molecule has 0 fully saturated rings. The van der Waals surface area contributed by atoms with Gasteiger partial charge in [-0.15, -0.1) is 0 Å². The predicted octanol–water partition coefficient (Wildman–Crippen LogP) is -2.38. The Morgan fingerprint density at radius 3 is 1.38 bits per heavy atom. The van der Waals surface area contributed by atoms with Gasteiger partial charge in [-0.2, -0.15) is 0 Å². The minimum Gasteiger partial charge on any atom is -0.394 e. The van der Waals surface area contributed by atoms with Crippen LogP contribution in [0.4, 0.5) is 0 Å². The van der Waals surface area contributed by atoms with Gasteiger partial charge in [0.05, 0.1) is 34.4 Å². The molecule has 0 bridgehead atoms. The second kappa shape index (κ2) is 13.4. The Kier molecular flexibility index (Phi) is 15.6. The third-order valence-electron chi connectivity index (χ3n) is 1.81. The van der Waals surface area contributed by atoms with Crippen LogP contribution in [-0.2, 0) is 18.9 Å². The van der Waals surface area contributed by atoms with Crippen molar-refractivity contribution in [3.63, 3.8) is 0 Å². The van der Waals surface area contributed by atoms with Crippen LogP contribution in [-0.4, -0.2) is 99.5 Å². The number of hydrogen-bond donors (Lipinski definition) is 6. The van der Waals surface area contributed by atoms with Crippen molar-refractivity contribution in [3.05, 3.63) is 0 Å². The Morgan fingerprint density at radius 1 is 1.00 bits per heavy atom. The highest BCUT2D eigenvalue weighted by Gasteiger charge is 2.31. The van der Waals surface area contributed by atoms with Gasteiger partial charge in [0, 0.05) is 13.8 Å². The number of aliphatic hydroxyl groups is 4. The van der Waals surface area contributed by atoms with Crippen LogP contribution in [0.25, 0.3) is 0 Å². The molecule has 0 aromatic heterocycles. The third kappa shape index (κ3) is 26.0. The van der Waals surface area contributed by atoms with Gasteiger partial charge in [-0.3, -0.25) is 14.2 Å². The van der Waals surface area contributed by atoms with E-state index in [-0.39, 0.29) is 19.8 Å². The number of ether oxygens (including phenoxy) is 1. The summed E-state index contributed by atoms with van der Waals surface area (Å²) in [5, 5.41) is 33.0. The number of aliphatic hydroxyl groups excluding tert-OH is 4. The van der Waals surface area contributed by atoms with Crippen molar-refractivity contribution in [2.75, 3.05) is 40.9 Å². The third-order valence-corrected chi connectivity index (χ3v) is 2.75. The summed E-state index contributed by atoms with van der Waals surface area (Å²) in [7, 11) is 0.933. The maximum Gasteiger partial charge on any atom is 0.359 e. The quantitative estimate of drug-likeness (QED) is 0.131. The van der Waals surface area contributed by atoms with Crippen LogP contribution in [0.1, 0.15) is 13.8 Å². The zero-order valence-electron chi connectivity index (χ0n) is 14.5. The molecule has 146 valence electrons. The summed E-state index contributed by atoms with van der Waals surface area (Å²) >= 11 is 0. The maximum atomic E-state index is 10.4. The molecule has 1 atom stereocenters. The molecule has 0 aliphatic heterocycles. The fourth-order valence-corrected chi connectivity index (χ4v) is 1.56. The lowest BCUT2D eigenvalue weighted by Crippen LogP contribution is -2.41. The molecule has 0 heterocycles. The number of carbonyl (C=O) groups excluding carboxylic acids is 2. The monoisotopic (exact) mass is 378 g/mol. The summed E-state index contributed by atoms with van der Waals surface area (Å²) in [6.07, 6.45) is -0.954. The van der Waals surface area contributed by atoms with Crippen LogP contribution < -0.4 is 0 Å². The van der Waals surface area contributed by atoms with Crippen molar-refractivity contribution in [1.29, 1.82) is 0 Å². The number of quaternary nitrogens is 1. The molecule has 1 unspecified atom stereocenters. The largest absolute Gasteiger partial charge is 0.394 e. The molecular weight excluding hydrogens is 349 g/mol. The van der Waals surface area contributed by atoms with E-state index in [4.69, 9.17) is 30.2 Å². The van der Waals surface area contributed by atoms with Gasteiger partial charge in [-0.25, -0.2) is 0 Å². The van der Waals surface area contributed by atoms with Crippen LogP contribution in [0.5, 0.6) is 0 Å². The van der Waals surface area contributed by atoms with Gasteiger partial charge in [-0.05, 0) is 0 Å². The van der Waals surface area contributed by atoms with Crippen LogP contribution in [0.3, 0.4) is 0 Å². The fourth-order valence-electron chi connectivity index (χ4n) is 0.856. The second-order valence-electron chi connectivity index (χ2n) is 5.65. The maximum absolute atomic E-state index is 10.4. The first-order chi connectivity index (χ1) is 10.6. The number of carbonyl (C=O) groups is 2. The van der Waals surface area contributed by atoms with Crippen molar-refractivity contribution < 1.29 is 53.6 Å². The van der Waals surface area contributed by atoms with E-state index in [1.807, 2.05) is 0 Å². The molecule has 0 radical (unpaired) electrons. The van der Waals surface area contributed by atoms with Gasteiger partial charge in [0.15, 0.2) is 0 Å². The van der Waals surface area contributed by atoms with Gasteiger partial charge in [0.25, 0.3) is 0 Å². The van der Waals surface area contributed by atoms with E-state index in [9.17, 15) is 14.2 Å². The molecule has 0 aromatic carbocycles. The van der Waals surface area contributed by atoms with Crippen LogP contribution in [0, 0.1) is 0 Å². The zero-order valence-corrected chi connectivity index (χ0v) is 15.4.